The van der Waals surface area contributed by atoms with E-state index in [2.05, 4.69) is 49.4 Å². The smallest absolute Gasteiger partial charge is 0.0244 e. The molecule has 0 saturated heterocycles. The molecule has 0 saturated carbocycles. The van der Waals surface area contributed by atoms with Crippen LogP contribution in [0.4, 0.5) is 0 Å². The van der Waals surface area contributed by atoms with Gasteiger partial charge in [-0.3, -0.25) is 0 Å². The molecule has 1 aromatic rings. The Bertz CT molecular complexity index is 504. The van der Waals surface area contributed by atoms with Crippen LogP contribution in [0.1, 0.15) is 11.1 Å². The van der Waals surface area contributed by atoms with E-state index in [1.54, 1.807) is 0 Å². The molecule has 0 amide bonds. The predicted molar refractivity (Wildman–Crippen MR) is 67.8 cm³/mol. The first kappa shape index (κ1) is 9.05. The summed E-state index contributed by atoms with van der Waals surface area (Å²) in [6, 6.07) is 8.65. The molecule has 0 N–H and O–H groups in total. The van der Waals surface area contributed by atoms with Gasteiger partial charge in [0, 0.05) is 10.7 Å². The van der Waals surface area contributed by atoms with Crippen molar-refractivity contribution < 1.29 is 0 Å². The van der Waals surface area contributed by atoms with Gasteiger partial charge in [-0.1, -0.05) is 36.4 Å². The van der Waals surface area contributed by atoms with Gasteiger partial charge in [0.15, 0.2) is 0 Å². The van der Waals surface area contributed by atoms with Crippen LogP contribution in [0, 0.1) is 6.92 Å². The Labute approximate surface area is 94.4 Å². The Kier molecular flexibility index (Phi) is 2.06. The van der Waals surface area contributed by atoms with E-state index in [0.29, 0.717) is 0 Å². The average Bonchev–Trinajstić information content (AvgIpc) is 2.80. The Morgan fingerprint density at radius 2 is 2.07 bits per heavy atom. The van der Waals surface area contributed by atoms with Crippen LogP contribution in [0.15, 0.2) is 53.0 Å². The molecule has 2 aliphatic rings. The minimum atomic E-state index is 1.12. The highest BCUT2D eigenvalue weighted by Crippen LogP contribution is 2.44. The van der Waals surface area contributed by atoms with Crippen molar-refractivity contribution in [3.63, 3.8) is 0 Å². The molecule has 0 fully saturated rings. The van der Waals surface area contributed by atoms with E-state index in [4.69, 9.17) is 0 Å². The van der Waals surface area contributed by atoms with Crippen LogP contribution in [0.5, 0.6) is 0 Å². The van der Waals surface area contributed by atoms with Crippen LogP contribution in [0.25, 0.3) is 5.57 Å². The lowest BCUT2D eigenvalue weighted by molar-refractivity contribution is 1.41. The van der Waals surface area contributed by atoms with Gasteiger partial charge >= 0.3 is 0 Å². The molecule has 0 bridgehead atoms. The van der Waals surface area contributed by atoms with Crippen LogP contribution in [0.2, 0.25) is 0 Å². The Balaban J connectivity index is 2.17. The standard InChI is InChI=1S/C14H12S/c1-10-5-2-3-6-11(10)13-9-15-14-8-4-7-12(13)14/h2-8H,9H2,1H3. The minimum absolute atomic E-state index is 1.12. The molecular formula is C14H12S. The summed E-state index contributed by atoms with van der Waals surface area (Å²) in [6.45, 7) is 2.19. The fraction of sp³-hybridized carbons (Fsp3) is 0.143. The maximum Gasteiger partial charge on any atom is 0.0244 e. The third kappa shape index (κ3) is 1.38. The molecule has 1 heterocycles. The van der Waals surface area contributed by atoms with Crippen LogP contribution >= 0.6 is 11.8 Å². The number of aryl methyl sites for hydroxylation is 1. The summed E-state index contributed by atoms with van der Waals surface area (Å²) in [4.78, 5) is 1.44. The third-order valence-corrected chi connectivity index (χ3v) is 4.04. The van der Waals surface area contributed by atoms with Gasteiger partial charge in [-0.05, 0) is 35.3 Å². The predicted octanol–water partition coefficient (Wildman–Crippen LogP) is 3.95. The van der Waals surface area contributed by atoms with Crippen molar-refractivity contribution in [2.75, 3.05) is 5.75 Å². The van der Waals surface area contributed by atoms with Gasteiger partial charge in [-0.15, -0.1) is 11.8 Å². The molecular weight excluding hydrogens is 200 g/mol. The second kappa shape index (κ2) is 3.42. The summed E-state index contributed by atoms with van der Waals surface area (Å²) < 4.78 is 0. The van der Waals surface area contributed by atoms with Crippen molar-refractivity contribution in [3.05, 3.63) is 64.1 Å². The molecule has 1 aromatic carbocycles. The lowest BCUT2D eigenvalue weighted by Crippen LogP contribution is -1.89. The molecule has 0 spiro atoms. The largest absolute Gasteiger partial charge is 0.121 e. The fourth-order valence-corrected chi connectivity index (χ4v) is 3.27. The molecule has 0 aromatic heterocycles. The topological polar surface area (TPSA) is 0 Å². The van der Waals surface area contributed by atoms with Gasteiger partial charge in [0.05, 0.1) is 0 Å². The zero-order valence-electron chi connectivity index (χ0n) is 8.66. The molecule has 0 unspecified atom stereocenters. The quantitative estimate of drug-likeness (QED) is 0.679. The summed E-state index contributed by atoms with van der Waals surface area (Å²) >= 11 is 1.95. The van der Waals surface area contributed by atoms with Gasteiger partial charge in [0.2, 0.25) is 0 Å². The minimum Gasteiger partial charge on any atom is -0.121 e. The van der Waals surface area contributed by atoms with Crippen LogP contribution in [0.3, 0.4) is 0 Å². The van der Waals surface area contributed by atoms with Gasteiger partial charge < -0.3 is 0 Å². The summed E-state index contributed by atoms with van der Waals surface area (Å²) in [7, 11) is 0. The molecule has 1 heteroatoms. The first-order valence-electron chi connectivity index (χ1n) is 5.17. The molecule has 0 atom stereocenters. The average molecular weight is 212 g/mol. The number of hydrogen-bond acceptors (Lipinski definition) is 1. The van der Waals surface area contributed by atoms with Crippen molar-refractivity contribution in [2.24, 2.45) is 0 Å². The van der Waals surface area contributed by atoms with Gasteiger partial charge in [-0.25, -0.2) is 0 Å². The van der Waals surface area contributed by atoms with E-state index in [0.717, 1.165) is 5.75 Å². The number of fused-ring (bicyclic) bond motifs is 1. The Morgan fingerprint density at radius 3 is 2.93 bits per heavy atom. The fourth-order valence-electron chi connectivity index (χ4n) is 2.14. The first-order chi connectivity index (χ1) is 7.36. The summed E-state index contributed by atoms with van der Waals surface area (Å²) in [5.74, 6) is 1.12. The monoisotopic (exact) mass is 212 g/mol. The number of hydrogen-bond donors (Lipinski definition) is 0. The van der Waals surface area contributed by atoms with E-state index in [1.807, 2.05) is 11.8 Å². The highest BCUT2D eigenvalue weighted by Gasteiger charge is 2.22. The Hall–Kier alpha value is -1.21. The van der Waals surface area contributed by atoms with E-state index in [-0.39, 0.29) is 0 Å². The summed E-state index contributed by atoms with van der Waals surface area (Å²) in [5, 5.41) is 0. The molecule has 0 nitrogen and oxygen atoms in total. The number of allylic oxidation sites excluding steroid dienone is 4. The molecule has 1 aliphatic heterocycles. The van der Waals surface area contributed by atoms with E-state index < -0.39 is 0 Å². The summed E-state index contributed by atoms with van der Waals surface area (Å²) in [5.41, 5.74) is 5.73. The Morgan fingerprint density at radius 1 is 1.20 bits per heavy atom. The van der Waals surface area contributed by atoms with Crippen molar-refractivity contribution in [2.45, 2.75) is 6.92 Å². The maximum atomic E-state index is 2.23. The second-order valence-corrected chi connectivity index (χ2v) is 4.90. The van der Waals surface area contributed by atoms with Gasteiger partial charge in [0.25, 0.3) is 0 Å². The van der Waals surface area contributed by atoms with Gasteiger partial charge in [-0.2, -0.15) is 0 Å². The van der Waals surface area contributed by atoms with Gasteiger partial charge in [0.1, 0.15) is 0 Å². The van der Waals surface area contributed by atoms with E-state index >= 15 is 0 Å². The zero-order valence-corrected chi connectivity index (χ0v) is 9.47. The molecule has 0 radical (unpaired) electrons. The van der Waals surface area contributed by atoms with Crippen LogP contribution < -0.4 is 0 Å². The maximum absolute atomic E-state index is 2.23. The molecule has 3 rings (SSSR count). The van der Waals surface area contributed by atoms with Crippen LogP contribution in [-0.2, 0) is 0 Å². The molecule has 1 aliphatic carbocycles. The first-order valence-corrected chi connectivity index (χ1v) is 6.15. The van der Waals surface area contributed by atoms with E-state index in [1.165, 1.54) is 27.2 Å². The highest BCUT2D eigenvalue weighted by molar-refractivity contribution is 8.04. The van der Waals surface area contributed by atoms with Crippen LogP contribution in [-0.4, -0.2) is 5.75 Å². The molecule has 74 valence electrons. The molecule has 15 heavy (non-hydrogen) atoms. The third-order valence-electron chi connectivity index (χ3n) is 2.94. The van der Waals surface area contributed by atoms with E-state index in [9.17, 15) is 0 Å². The highest BCUT2D eigenvalue weighted by atomic mass is 32.2. The number of thioether (sulfide) groups is 1. The number of benzene rings is 1. The zero-order chi connectivity index (χ0) is 10.3. The normalized spacial score (nSPS) is 18.3. The number of rotatable bonds is 1. The lowest BCUT2D eigenvalue weighted by atomic mass is 9.98. The lowest BCUT2D eigenvalue weighted by Gasteiger charge is -2.06. The SMILES string of the molecule is Cc1ccccc1C1=C2C=CC=C2SC1. The van der Waals surface area contributed by atoms with Crippen molar-refractivity contribution in [1.29, 1.82) is 0 Å². The second-order valence-electron chi connectivity index (χ2n) is 3.89. The van der Waals surface area contributed by atoms with Crippen molar-refractivity contribution >= 4 is 17.3 Å². The van der Waals surface area contributed by atoms with Crippen molar-refractivity contribution in [3.8, 4) is 0 Å². The van der Waals surface area contributed by atoms with Crippen molar-refractivity contribution in [1.82, 2.24) is 0 Å². The summed E-state index contributed by atoms with van der Waals surface area (Å²) in [6.07, 6.45) is 6.59.